The third-order valence-corrected chi connectivity index (χ3v) is 3.94. The summed E-state index contributed by atoms with van der Waals surface area (Å²) >= 11 is 0. The number of fused-ring (bicyclic) bond motifs is 1. The smallest absolute Gasteiger partial charge is 0.255 e. The Kier molecular flexibility index (Phi) is 4.53. The number of benzene rings is 2. The van der Waals surface area contributed by atoms with Crippen LogP contribution in [0.1, 0.15) is 18.1 Å². The first-order valence-electron chi connectivity index (χ1n) is 7.79. The highest BCUT2D eigenvalue weighted by Crippen LogP contribution is 2.36. The first-order chi connectivity index (χ1) is 11.6. The number of hydrogen-bond donors (Lipinski definition) is 2. The van der Waals surface area contributed by atoms with Crippen molar-refractivity contribution in [3.63, 3.8) is 0 Å². The minimum atomic E-state index is -0.522. The minimum Gasteiger partial charge on any atom is -0.484 e. The van der Waals surface area contributed by atoms with Crippen molar-refractivity contribution in [3.8, 4) is 17.1 Å². The largest absolute Gasteiger partial charge is 0.484 e. The van der Waals surface area contributed by atoms with Crippen LogP contribution in [-0.4, -0.2) is 17.6 Å². The Morgan fingerprint density at radius 3 is 2.58 bits per heavy atom. The first-order valence-corrected chi connectivity index (χ1v) is 7.79. The molecule has 0 radical (unpaired) electrons. The molecule has 3 N–H and O–H groups in total. The van der Waals surface area contributed by atoms with Crippen LogP contribution in [0.25, 0.3) is 22.3 Å². The lowest BCUT2D eigenvalue weighted by Gasteiger charge is -2.05. The normalized spacial score (nSPS) is 10.9. The summed E-state index contributed by atoms with van der Waals surface area (Å²) in [6.07, 6.45) is 0.864. The van der Waals surface area contributed by atoms with Gasteiger partial charge in [0.2, 0.25) is 0 Å². The molecule has 2 aromatic carbocycles. The van der Waals surface area contributed by atoms with Gasteiger partial charge in [0.05, 0.1) is 6.61 Å². The number of hydrogen-bond acceptors (Lipinski definition) is 4. The maximum Gasteiger partial charge on any atom is 0.255 e. The van der Waals surface area contributed by atoms with E-state index in [0.717, 1.165) is 34.1 Å². The van der Waals surface area contributed by atoms with Crippen molar-refractivity contribution >= 4 is 16.9 Å². The summed E-state index contributed by atoms with van der Waals surface area (Å²) in [4.78, 5) is 10.8. The molecule has 124 valence electrons. The highest BCUT2D eigenvalue weighted by molar-refractivity contribution is 5.90. The fourth-order valence-corrected chi connectivity index (χ4v) is 2.82. The number of aryl methyl sites for hydroxylation is 1. The predicted molar refractivity (Wildman–Crippen MR) is 91.6 cm³/mol. The van der Waals surface area contributed by atoms with Crippen LogP contribution in [0, 0.1) is 0 Å². The van der Waals surface area contributed by atoms with Crippen LogP contribution in [0.3, 0.4) is 0 Å². The molecule has 5 heteroatoms. The monoisotopic (exact) mass is 325 g/mol. The van der Waals surface area contributed by atoms with E-state index < -0.39 is 5.91 Å². The molecule has 0 unspecified atom stereocenters. The zero-order valence-corrected chi connectivity index (χ0v) is 13.4. The average Bonchev–Trinajstić information content (AvgIpc) is 2.99. The molecule has 3 aromatic rings. The Hall–Kier alpha value is -2.79. The van der Waals surface area contributed by atoms with Gasteiger partial charge in [-0.15, -0.1) is 0 Å². The number of aliphatic hydroxyl groups is 1. The van der Waals surface area contributed by atoms with Gasteiger partial charge in [-0.25, -0.2) is 0 Å². The van der Waals surface area contributed by atoms with Gasteiger partial charge in [0.25, 0.3) is 5.91 Å². The van der Waals surface area contributed by atoms with E-state index in [1.54, 1.807) is 12.1 Å². The molecule has 0 aliphatic rings. The van der Waals surface area contributed by atoms with Crippen molar-refractivity contribution in [2.24, 2.45) is 5.73 Å². The van der Waals surface area contributed by atoms with Gasteiger partial charge in [0, 0.05) is 16.5 Å². The van der Waals surface area contributed by atoms with E-state index in [1.165, 1.54) is 0 Å². The topological polar surface area (TPSA) is 85.7 Å². The van der Waals surface area contributed by atoms with E-state index >= 15 is 0 Å². The second-order valence-electron chi connectivity index (χ2n) is 5.49. The van der Waals surface area contributed by atoms with Crippen LogP contribution in [0.15, 0.2) is 46.9 Å². The molecule has 0 aliphatic heterocycles. The molecular formula is C19H19NO4. The number of primary amides is 1. The number of rotatable bonds is 6. The van der Waals surface area contributed by atoms with Gasteiger partial charge in [0.1, 0.15) is 17.1 Å². The van der Waals surface area contributed by atoms with Gasteiger partial charge in [-0.2, -0.15) is 0 Å². The molecule has 5 nitrogen and oxygen atoms in total. The number of carbonyl (C=O) groups is 1. The summed E-state index contributed by atoms with van der Waals surface area (Å²) in [5.41, 5.74) is 8.60. The van der Waals surface area contributed by atoms with E-state index in [0.29, 0.717) is 11.5 Å². The highest BCUT2D eigenvalue weighted by atomic mass is 16.5. The lowest BCUT2D eigenvalue weighted by Crippen LogP contribution is -2.19. The van der Waals surface area contributed by atoms with Gasteiger partial charge in [-0.1, -0.05) is 19.1 Å². The van der Waals surface area contributed by atoms with Gasteiger partial charge in [0.15, 0.2) is 6.61 Å². The second-order valence-corrected chi connectivity index (χ2v) is 5.49. The van der Waals surface area contributed by atoms with Crippen molar-refractivity contribution in [2.45, 2.75) is 20.0 Å². The van der Waals surface area contributed by atoms with E-state index in [2.05, 4.69) is 6.92 Å². The predicted octanol–water partition coefficient (Wildman–Crippen LogP) is 3.02. The van der Waals surface area contributed by atoms with E-state index in [1.807, 2.05) is 30.3 Å². The van der Waals surface area contributed by atoms with Crippen LogP contribution in [-0.2, 0) is 17.8 Å². The molecule has 0 atom stereocenters. The van der Waals surface area contributed by atoms with Crippen LogP contribution in [0.5, 0.6) is 5.75 Å². The van der Waals surface area contributed by atoms with Crippen molar-refractivity contribution in [1.29, 1.82) is 0 Å². The highest BCUT2D eigenvalue weighted by Gasteiger charge is 2.17. The number of nitrogens with two attached hydrogens (primary N) is 1. The molecule has 0 saturated heterocycles. The van der Waals surface area contributed by atoms with Gasteiger partial charge < -0.3 is 20.0 Å². The van der Waals surface area contributed by atoms with Crippen molar-refractivity contribution in [2.75, 3.05) is 6.61 Å². The Labute approximate surface area is 139 Å². The van der Waals surface area contributed by atoms with Crippen molar-refractivity contribution in [3.05, 3.63) is 53.6 Å². The molecule has 1 aromatic heterocycles. The number of ether oxygens (including phenoxy) is 1. The van der Waals surface area contributed by atoms with Crippen molar-refractivity contribution in [1.82, 2.24) is 0 Å². The fourth-order valence-electron chi connectivity index (χ4n) is 2.82. The molecule has 0 saturated carbocycles. The summed E-state index contributed by atoms with van der Waals surface area (Å²) in [7, 11) is 0. The molecule has 24 heavy (non-hydrogen) atoms. The summed E-state index contributed by atoms with van der Waals surface area (Å²) in [5.74, 6) is 0.675. The minimum absolute atomic E-state index is 0.0979. The number of carbonyl (C=O) groups excluding carboxylic acids is 1. The lowest BCUT2D eigenvalue weighted by atomic mass is 10.0. The number of aliphatic hydroxyl groups excluding tert-OH is 1. The standard InChI is InChI=1S/C19H19NO4/c1-2-12-4-3-5-16-18(12)15(10-21)19(24-16)13-6-8-14(9-7-13)23-11-17(20)22/h3-9,21H,2,10-11H2,1H3,(H2,20,22). The molecule has 0 aliphatic carbocycles. The fraction of sp³-hybridized carbons (Fsp3) is 0.211. The Bertz CT molecular complexity index is 865. The summed E-state index contributed by atoms with van der Waals surface area (Å²) in [6.45, 7) is 1.82. The maximum absolute atomic E-state index is 10.8. The van der Waals surface area contributed by atoms with Crippen LogP contribution in [0.4, 0.5) is 0 Å². The second kappa shape index (κ2) is 6.76. The zero-order chi connectivity index (χ0) is 17.1. The van der Waals surface area contributed by atoms with E-state index in [-0.39, 0.29) is 13.2 Å². The Morgan fingerprint density at radius 1 is 1.21 bits per heavy atom. The summed E-state index contributed by atoms with van der Waals surface area (Å²) < 4.78 is 11.2. The molecule has 3 rings (SSSR count). The van der Waals surface area contributed by atoms with Crippen LogP contribution in [0.2, 0.25) is 0 Å². The van der Waals surface area contributed by atoms with E-state index in [9.17, 15) is 9.90 Å². The van der Waals surface area contributed by atoms with Crippen LogP contribution < -0.4 is 10.5 Å². The molecular weight excluding hydrogens is 306 g/mol. The third-order valence-electron chi connectivity index (χ3n) is 3.94. The van der Waals surface area contributed by atoms with E-state index in [4.69, 9.17) is 14.9 Å². The lowest BCUT2D eigenvalue weighted by molar-refractivity contribution is -0.119. The zero-order valence-electron chi connectivity index (χ0n) is 13.4. The number of amides is 1. The summed E-state index contributed by atoms with van der Waals surface area (Å²) in [5, 5.41) is 10.8. The van der Waals surface area contributed by atoms with Gasteiger partial charge in [-0.3, -0.25) is 4.79 Å². The van der Waals surface area contributed by atoms with Crippen molar-refractivity contribution < 1.29 is 19.1 Å². The number of furan rings is 1. The molecule has 0 fully saturated rings. The van der Waals surface area contributed by atoms with Crippen LogP contribution >= 0.6 is 0 Å². The molecule has 1 heterocycles. The molecule has 0 bridgehead atoms. The Balaban J connectivity index is 2.01. The average molecular weight is 325 g/mol. The molecule has 1 amide bonds. The Morgan fingerprint density at radius 2 is 1.96 bits per heavy atom. The van der Waals surface area contributed by atoms with Gasteiger partial charge >= 0.3 is 0 Å². The quantitative estimate of drug-likeness (QED) is 0.729. The SMILES string of the molecule is CCc1cccc2oc(-c3ccc(OCC(N)=O)cc3)c(CO)c12. The summed E-state index contributed by atoms with van der Waals surface area (Å²) in [6, 6.07) is 13.1. The maximum atomic E-state index is 10.8. The third kappa shape index (κ3) is 2.98. The first kappa shape index (κ1) is 16.1. The molecule has 0 spiro atoms. The van der Waals surface area contributed by atoms with Gasteiger partial charge in [-0.05, 0) is 42.3 Å².